The molecule has 0 spiro atoms. The standard InChI is InChI=1S/C13H20N4O2/c1-9(13(19)17-5-3-4-6-17)15-12(18)11-7-10(14)8-16(11)2/h7-9H,3-6,14H2,1-2H3,(H,15,18). The predicted molar refractivity (Wildman–Crippen MR) is 72.6 cm³/mol. The van der Waals surface area contributed by atoms with Gasteiger partial charge in [-0.3, -0.25) is 9.59 Å². The van der Waals surface area contributed by atoms with Crippen molar-refractivity contribution < 1.29 is 9.59 Å². The minimum absolute atomic E-state index is 0.0203. The van der Waals surface area contributed by atoms with E-state index >= 15 is 0 Å². The van der Waals surface area contributed by atoms with Gasteiger partial charge in [-0.2, -0.15) is 0 Å². The summed E-state index contributed by atoms with van der Waals surface area (Å²) >= 11 is 0. The third-order valence-electron chi connectivity index (χ3n) is 3.39. The fourth-order valence-electron chi connectivity index (χ4n) is 2.36. The van der Waals surface area contributed by atoms with Crippen molar-refractivity contribution in [3.05, 3.63) is 18.0 Å². The Labute approximate surface area is 112 Å². The van der Waals surface area contributed by atoms with Crippen LogP contribution in [0.3, 0.4) is 0 Å². The molecule has 1 aliphatic heterocycles. The van der Waals surface area contributed by atoms with E-state index in [2.05, 4.69) is 5.32 Å². The lowest BCUT2D eigenvalue weighted by Crippen LogP contribution is -2.46. The van der Waals surface area contributed by atoms with E-state index in [-0.39, 0.29) is 11.8 Å². The molecular formula is C13H20N4O2. The second kappa shape index (κ2) is 5.34. The zero-order chi connectivity index (χ0) is 14.0. The van der Waals surface area contributed by atoms with Gasteiger partial charge >= 0.3 is 0 Å². The first-order chi connectivity index (χ1) is 8.99. The largest absolute Gasteiger partial charge is 0.397 e. The molecule has 0 aliphatic carbocycles. The maximum atomic E-state index is 12.1. The van der Waals surface area contributed by atoms with Crippen LogP contribution in [0.2, 0.25) is 0 Å². The Hall–Kier alpha value is -1.98. The van der Waals surface area contributed by atoms with Gasteiger partial charge in [-0.05, 0) is 25.8 Å². The van der Waals surface area contributed by atoms with Crippen molar-refractivity contribution in [2.45, 2.75) is 25.8 Å². The van der Waals surface area contributed by atoms with Crippen LogP contribution in [-0.4, -0.2) is 40.4 Å². The summed E-state index contributed by atoms with van der Waals surface area (Å²) in [6.07, 6.45) is 3.75. The van der Waals surface area contributed by atoms with Gasteiger partial charge in [0.2, 0.25) is 5.91 Å². The number of rotatable bonds is 3. The molecule has 0 radical (unpaired) electrons. The average molecular weight is 264 g/mol. The summed E-state index contributed by atoms with van der Waals surface area (Å²) in [5.41, 5.74) is 6.62. The SMILES string of the molecule is CC(NC(=O)c1cc(N)cn1C)C(=O)N1CCCC1. The van der Waals surface area contributed by atoms with Crippen LogP contribution >= 0.6 is 0 Å². The van der Waals surface area contributed by atoms with E-state index in [1.54, 1.807) is 35.7 Å². The molecule has 2 rings (SSSR count). The Kier molecular flexibility index (Phi) is 3.78. The van der Waals surface area contributed by atoms with Crippen LogP contribution in [0.1, 0.15) is 30.3 Å². The molecule has 1 saturated heterocycles. The molecule has 1 aromatic heterocycles. The molecule has 1 unspecified atom stereocenters. The molecule has 6 nitrogen and oxygen atoms in total. The second-order valence-corrected chi connectivity index (χ2v) is 5.00. The molecule has 0 bridgehead atoms. The van der Waals surface area contributed by atoms with Gasteiger partial charge in [0.05, 0.1) is 5.69 Å². The summed E-state index contributed by atoms with van der Waals surface area (Å²) in [7, 11) is 1.75. The molecule has 0 aromatic carbocycles. The first-order valence-electron chi connectivity index (χ1n) is 6.50. The Morgan fingerprint density at radius 1 is 1.37 bits per heavy atom. The average Bonchev–Trinajstić information content (AvgIpc) is 2.97. The molecule has 2 heterocycles. The quantitative estimate of drug-likeness (QED) is 0.826. The van der Waals surface area contributed by atoms with Crippen molar-refractivity contribution in [1.82, 2.24) is 14.8 Å². The molecule has 1 fully saturated rings. The molecule has 2 amide bonds. The van der Waals surface area contributed by atoms with Crippen LogP contribution in [0.5, 0.6) is 0 Å². The van der Waals surface area contributed by atoms with Crippen molar-refractivity contribution in [2.24, 2.45) is 7.05 Å². The number of anilines is 1. The predicted octanol–water partition coefficient (Wildman–Crippen LogP) is 0.348. The van der Waals surface area contributed by atoms with E-state index < -0.39 is 6.04 Å². The third-order valence-corrected chi connectivity index (χ3v) is 3.39. The molecule has 1 aliphatic rings. The van der Waals surface area contributed by atoms with Crippen LogP contribution in [0.25, 0.3) is 0 Å². The first-order valence-corrected chi connectivity index (χ1v) is 6.50. The Morgan fingerprint density at radius 2 is 2.00 bits per heavy atom. The van der Waals surface area contributed by atoms with Crippen molar-refractivity contribution >= 4 is 17.5 Å². The third kappa shape index (κ3) is 2.89. The summed E-state index contributed by atoms with van der Waals surface area (Å²) < 4.78 is 1.65. The Balaban J connectivity index is 1.98. The molecule has 19 heavy (non-hydrogen) atoms. The first kappa shape index (κ1) is 13.5. The van der Waals surface area contributed by atoms with Gasteiger partial charge in [-0.25, -0.2) is 0 Å². The lowest BCUT2D eigenvalue weighted by atomic mass is 10.2. The van der Waals surface area contributed by atoms with Gasteiger partial charge in [0, 0.05) is 26.3 Å². The maximum Gasteiger partial charge on any atom is 0.268 e. The van der Waals surface area contributed by atoms with E-state index in [9.17, 15) is 9.59 Å². The number of nitrogens with zero attached hydrogens (tertiary/aromatic N) is 2. The highest BCUT2D eigenvalue weighted by molar-refractivity contribution is 5.97. The number of aromatic nitrogens is 1. The number of carbonyl (C=O) groups excluding carboxylic acids is 2. The smallest absolute Gasteiger partial charge is 0.268 e. The van der Waals surface area contributed by atoms with Crippen LogP contribution in [-0.2, 0) is 11.8 Å². The van der Waals surface area contributed by atoms with E-state index in [1.807, 2.05) is 0 Å². The van der Waals surface area contributed by atoms with Crippen molar-refractivity contribution in [2.75, 3.05) is 18.8 Å². The molecule has 1 atom stereocenters. The van der Waals surface area contributed by atoms with Crippen molar-refractivity contribution in [3.8, 4) is 0 Å². The monoisotopic (exact) mass is 264 g/mol. The number of amides is 2. The van der Waals surface area contributed by atoms with Crippen molar-refractivity contribution in [1.29, 1.82) is 0 Å². The Bertz CT molecular complexity index is 489. The number of hydrogen-bond donors (Lipinski definition) is 2. The fourth-order valence-corrected chi connectivity index (χ4v) is 2.36. The lowest BCUT2D eigenvalue weighted by molar-refractivity contribution is -0.131. The van der Waals surface area contributed by atoms with Gasteiger partial charge in [0.15, 0.2) is 0 Å². The van der Waals surface area contributed by atoms with Crippen LogP contribution in [0.15, 0.2) is 12.3 Å². The number of aryl methyl sites for hydroxylation is 1. The number of nitrogens with one attached hydrogen (secondary N) is 1. The number of likely N-dealkylation sites (tertiary alicyclic amines) is 1. The van der Waals surface area contributed by atoms with Crippen LogP contribution < -0.4 is 11.1 Å². The highest BCUT2D eigenvalue weighted by atomic mass is 16.2. The normalized spacial score (nSPS) is 16.4. The molecule has 104 valence electrons. The minimum atomic E-state index is -0.512. The molecule has 3 N–H and O–H groups in total. The highest BCUT2D eigenvalue weighted by Crippen LogP contribution is 2.11. The van der Waals surface area contributed by atoms with E-state index in [4.69, 9.17) is 5.73 Å². The summed E-state index contributed by atoms with van der Waals surface area (Å²) in [5, 5.41) is 2.72. The van der Waals surface area contributed by atoms with Crippen LogP contribution in [0, 0.1) is 0 Å². The summed E-state index contributed by atoms with van der Waals surface area (Å²) in [5.74, 6) is -0.299. The van der Waals surface area contributed by atoms with E-state index in [0.717, 1.165) is 25.9 Å². The molecule has 1 aromatic rings. The number of carbonyl (C=O) groups is 2. The van der Waals surface area contributed by atoms with E-state index in [1.165, 1.54) is 0 Å². The Morgan fingerprint density at radius 3 is 2.53 bits per heavy atom. The number of hydrogen-bond acceptors (Lipinski definition) is 3. The lowest BCUT2D eigenvalue weighted by Gasteiger charge is -2.21. The summed E-state index contributed by atoms with van der Waals surface area (Å²) in [4.78, 5) is 25.9. The summed E-state index contributed by atoms with van der Waals surface area (Å²) in [6, 6.07) is 1.09. The number of nitrogens with two attached hydrogens (primary N) is 1. The molecule has 0 saturated carbocycles. The van der Waals surface area contributed by atoms with Gasteiger partial charge in [-0.15, -0.1) is 0 Å². The topological polar surface area (TPSA) is 80.4 Å². The summed E-state index contributed by atoms with van der Waals surface area (Å²) in [6.45, 7) is 3.29. The van der Waals surface area contributed by atoms with E-state index in [0.29, 0.717) is 11.4 Å². The van der Waals surface area contributed by atoms with Gasteiger partial charge < -0.3 is 20.5 Å². The zero-order valence-electron chi connectivity index (χ0n) is 11.3. The number of nitrogen functional groups attached to an aromatic ring is 1. The van der Waals surface area contributed by atoms with Gasteiger partial charge in [0.25, 0.3) is 5.91 Å². The van der Waals surface area contributed by atoms with Crippen LogP contribution in [0.4, 0.5) is 5.69 Å². The zero-order valence-corrected chi connectivity index (χ0v) is 11.3. The van der Waals surface area contributed by atoms with Gasteiger partial charge in [-0.1, -0.05) is 0 Å². The van der Waals surface area contributed by atoms with Crippen molar-refractivity contribution in [3.63, 3.8) is 0 Å². The highest BCUT2D eigenvalue weighted by Gasteiger charge is 2.25. The molecule has 6 heteroatoms. The fraction of sp³-hybridized carbons (Fsp3) is 0.538. The minimum Gasteiger partial charge on any atom is -0.397 e. The second-order valence-electron chi connectivity index (χ2n) is 5.00. The molecular weight excluding hydrogens is 244 g/mol. The van der Waals surface area contributed by atoms with Gasteiger partial charge in [0.1, 0.15) is 11.7 Å². The maximum absolute atomic E-state index is 12.1.